The molecule has 0 atom stereocenters. The predicted octanol–water partition coefficient (Wildman–Crippen LogP) is 2.67. The Labute approximate surface area is 111 Å². The summed E-state index contributed by atoms with van der Waals surface area (Å²) < 4.78 is 1.81. The molecule has 0 aliphatic heterocycles. The van der Waals surface area contributed by atoms with E-state index in [4.69, 9.17) is 11.6 Å². The van der Waals surface area contributed by atoms with Crippen molar-refractivity contribution in [1.29, 1.82) is 0 Å². The van der Waals surface area contributed by atoms with Crippen molar-refractivity contribution in [1.82, 2.24) is 24.7 Å². The van der Waals surface area contributed by atoms with Crippen LogP contribution < -0.4 is 0 Å². The van der Waals surface area contributed by atoms with Gasteiger partial charge in [-0.15, -0.1) is 0 Å². The van der Waals surface area contributed by atoms with Gasteiger partial charge in [-0.05, 0) is 20.3 Å². The summed E-state index contributed by atoms with van der Waals surface area (Å²) >= 11 is 6.16. The van der Waals surface area contributed by atoms with E-state index in [1.165, 1.54) is 6.33 Å². The van der Waals surface area contributed by atoms with Crippen LogP contribution in [0.25, 0.3) is 11.5 Å². The fourth-order valence-electron chi connectivity index (χ4n) is 1.76. The van der Waals surface area contributed by atoms with Gasteiger partial charge in [0, 0.05) is 18.5 Å². The van der Waals surface area contributed by atoms with Gasteiger partial charge in [0.15, 0.2) is 5.82 Å². The Balaban J connectivity index is 2.55. The Hall–Kier alpha value is -1.49. The van der Waals surface area contributed by atoms with Crippen LogP contribution in [0.5, 0.6) is 0 Å². The number of aromatic nitrogens is 5. The molecule has 0 saturated carbocycles. The summed E-state index contributed by atoms with van der Waals surface area (Å²) in [6.07, 6.45) is 3.33. The van der Waals surface area contributed by atoms with Gasteiger partial charge >= 0.3 is 0 Å². The van der Waals surface area contributed by atoms with Crippen molar-refractivity contribution in [3.63, 3.8) is 0 Å². The van der Waals surface area contributed by atoms with Gasteiger partial charge in [-0.2, -0.15) is 5.10 Å². The first-order chi connectivity index (χ1) is 8.67. The van der Waals surface area contributed by atoms with E-state index in [0.717, 1.165) is 42.3 Å². The maximum Gasteiger partial charge on any atom is 0.177 e. The van der Waals surface area contributed by atoms with Crippen molar-refractivity contribution in [3.05, 3.63) is 22.9 Å². The summed E-state index contributed by atoms with van der Waals surface area (Å²) in [5.41, 5.74) is 1.62. The minimum Gasteiger partial charge on any atom is -0.245 e. The summed E-state index contributed by atoms with van der Waals surface area (Å²) in [6.45, 7) is 6.76. The lowest BCUT2D eigenvalue weighted by molar-refractivity contribution is 0.662. The van der Waals surface area contributed by atoms with E-state index in [2.05, 4.69) is 27.0 Å². The lowest BCUT2D eigenvalue weighted by atomic mass is 10.2. The molecule has 5 nitrogen and oxygen atoms in total. The third-order valence-corrected chi connectivity index (χ3v) is 3.10. The molecular weight excluding hydrogens is 250 g/mol. The first-order valence-electron chi connectivity index (χ1n) is 6.08. The van der Waals surface area contributed by atoms with E-state index in [1.807, 2.05) is 13.8 Å². The van der Waals surface area contributed by atoms with Crippen molar-refractivity contribution in [3.8, 4) is 11.5 Å². The Kier molecular flexibility index (Phi) is 3.91. The van der Waals surface area contributed by atoms with Crippen molar-refractivity contribution < 1.29 is 0 Å². The molecule has 0 aliphatic carbocycles. The van der Waals surface area contributed by atoms with Crippen molar-refractivity contribution in [2.75, 3.05) is 0 Å². The topological polar surface area (TPSA) is 56.5 Å². The summed E-state index contributed by atoms with van der Waals surface area (Å²) in [7, 11) is 0. The molecule has 0 spiro atoms. The number of rotatable bonds is 4. The standard InChI is InChI=1S/C12H16ClN5/c1-4-6-9-16-10(8(3)11(13)17-9)12-14-7-15-18(12)5-2/h7H,4-6H2,1-3H3. The van der Waals surface area contributed by atoms with Gasteiger partial charge in [0.25, 0.3) is 0 Å². The molecule has 96 valence electrons. The minimum atomic E-state index is 0.495. The summed E-state index contributed by atoms with van der Waals surface area (Å²) in [6, 6.07) is 0. The van der Waals surface area contributed by atoms with Gasteiger partial charge in [0.1, 0.15) is 23.0 Å². The van der Waals surface area contributed by atoms with Crippen LogP contribution in [0.4, 0.5) is 0 Å². The number of nitrogens with zero attached hydrogens (tertiary/aromatic N) is 5. The molecular formula is C12H16ClN5. The van der Waals surface area contributed by atoms with E-state index in [9.17, 15) is 0 Å². The Morgan fingerprint density at radius 3 is 2.72 bits per heavy atom. The second-order valence-electron chi connectivity index (χ2n) is 4.05. The minimum absolute atomic E-state index is 0.495. The fraction of sp³-hybridized carbons (Fsp3) is 0.500. The zero-order valence-corrected chi connectivity index (χ0v) is 11.6. The molecule has 0 saturated heterocycles. The van der Waals surface area contributed by atoms with Crippen molar-refractivity contribution in [2.45, 2.75) is 40.2 Å². The highest BCUT2D eigenvalue weighted by molar-refractivity contribution is 6.30. The van der Waals surface area contributed by atoms with Gasteiger partial charge in [-0.1, -0.05) is 18.5 Å². The Morgan fingerprint density at radius 2 is 2.06 bits per heavy atom. The Morgan fingerprint density at radius 1 is 1.28 bits per heavy atom. The molecule has 0 aliphatic rings. The van der Waals surface area contributed by atoms with Crippen LogP contribution in [0.2, 0.25) is 5.15 Å². The predicted molar refractivity (Wildman–Crippen MR) is 70.5 cm³/mol. The molecule has 2 heterocycles. The zero-order valence-electron chi connectivity index (χ0n) is 10.8. The molecule has 2 aromatic heterocycles. The second kappa shape index (κ2) is 5.44. The summed E-state index contributed by atoms with van der Waals surface area (Å²) in [4.78, 5) is 13.1. The van der Waals surface area contributed by atoms with E-state index in [1.54, 1.807) is 4.68 Å². The van der Waals surface area contributed by atoms with Crippen molar-refractivity contribution >= 4 is 11.6 Å². The summed E-state index contributed by atoms with van der Waals surface area (Å²) in [5.74, 6) is 1.51. The van der Waals surface area contributed by atoms with Crippen LogP contribution >= 0.6 is 11.6 Å². The number of aryl methyl sites for hydroxylation is 2. The highest BCUT2D eigenvalue weighted by atomic mass is 35.5. The van der Waals surface area contributed by atoms with E-state index in [-0.39, 0.29) is 0 Å². The quantitative estimate of drug-likeness (QED) is 0.798. The maximum atomic E-state index is 6.16. The van der Waals surface area contributed by atoms with Crippen LogP contribution in [0.1, 0.15) is 31.7 Å². The molecule has 0 unspecified atom stereocenters. The highest BCUT2D eigenvalue weighted by Gasteiger charge is 2.15. The smallest absolute Gasteiger partial charge is 0.177 e. The van der Waals surface area contributed by atoms with Gasteiger partial charge in [-0.3, -0.25) is 0 Å². The molecule has 0 amide bonds. The lowest BCUT2D eigenvalue weighted by Crippen LogP contribution is -2.06. The third kappa shape index (κ3) is 2.36. The Bertz CT molecular complexity index is 549. The SMILES string of the molecule is CCCc1nc(Cl)c(C)c(-c2ncnn2CC)n1. The van der Waals surface area contributed by atoms with Gasteiger partial charge in [0.2, 0.25) is 0 Å². The number of hydrogen-bond acceptors (Lipinski definition) is 4. The van der Waals surface area contributed by atoms with Gasteiger partial charge in [-0.25, -0.2) is 19.6 Å². The number of halogens is 1. The molecule has 6 heteroatoms. The van der Waals surface area contributed by atoms with E-state index in [0.29, 0.717) is 5.15 Å². The molecule has 18 heavy (non-hydrogen) atoms. The van der Waals surface area contributed by atoms with Crippen LogP contribution in [-0.4, -0.2) is 24.7 Å². The number of hydrogen-bond donors (Lipinski definition) is 0. The monoisotopic (exact) mass is 265 g/mol. The normalized spacial score (nSPS) is 10.9. The van der Waals surface area contributed by atoms with Crippen LogP contribution in [0, 0.1) is 6.92 Å². The van der Waals surface area contributed by atoms with Crippen LogP contribution in [0.15, 0.2) is 6.33 Å². The third-order valence-electron chi connectivity index (χ3n) is 2.73. The molecule has 2 rings (SSSR count). The largest absolute Gasteiger partial charge is 0.245 e. The average molecular weight is 266 g/mol. The van der Waals surface area contributed by atoms with Crippen LogP contribution in [-0.2, 0) is 13.0 Å². The average Bonchev–Trinajstić information content (AvgIpc) is 2.82. The van der Waals surface area contributed by atoms with E-state index < -0.39 is 0 Å². The molecule has 0 N–H and O–H groups in total. The first-order valence-corrected chi connectivity index (χ1v) is 6.46. The van der Waals surface area contributed by atoms with Gasteiger partial charge in [0.05, 0.1) is 0 Å². The highest BCUT2D eigenvalue weighted by Crippen LogP contribution is 2.24. The second-order valence-corrected chi connectivity index (χ2v) is 4.41. The summed E-state index contributed by atoms with van der Waals surface area (Å²) in [5, 5.41) is 4.65. The first kappa shape index (κ1) is 13.0. The van der Waals surface area contributed by atoms with Crippen LogP contribution in [0.3, 0.4) is 0 Å². The fourth-order valence-corrected chi connectivity index (χ4v) is 1.95. The molecule has 0 fully saturated rings. The molecule has 0 bridgehead atoms. The van der Waals surface area contributed by atoms with Gasteiger partial charge < -0.3 is 0 Å². The molecule has 0 aromatic carbocycles. The lowest BCUT2D eigenvalue weighted by Gasteiger charge is -2.09. The van der Waals surface area contributed by atoms with E-state index >= 15 is 0 Å². The molecule has 0 radical (unpaired) electrons. The maximum absolute atomic E-state index is 6.16. The zero-order chi connectivity index (χ0) is 13.1. The molecule has 2 aromatic rings. The van der Waals surface area contributed by atoms with Crippen molar-refractivity contribution in [2.24, 2.45) is 0 Å².